The summed E-state index contributed by atoms with van der Waals surface area (Å²) < 4.78 is 0. The van der Waals surface area contributed by atoms with Crippen LogP contribution in [0.15, 0.2) is 36.8 Å². The largest absolute Gasteiger partial charge is 0.311 e. The Hall–Kier alpha value is -2.23. The molecule has 0 aliphatic heterocycles. The first-order chi connectivity index (χ1) is 8.15. The van der Waals surface area contributed by atoms with Gasteiger partial charge in [0.05, 0.1) is 0 Å². The molecule has 0 aromatic carbocycles. The zero-order valence-electron chi connectivity index (χ0n) is 9.77. The molecule has 2 aromatic rings. The lowest BCUT2D eigenvalue weighted by Gasteiger charge is -2.04. The van der Waals surface area contributed by atoms with Gasteiger partial charge in [-0.15, -0.1) is 0 Å². The van der Waals surface area contributed by atoms with Crippen LogP contribution in [0, 0.1) is 6.92 Å². The van der Waals surface area contributed by atoms with Gasteiger partial charge in [0.25, 0.3) is 0 Å². The third kappa shape index (κ3) is 2.87. The van der Waals surface area contributed by atoms with Gasteiger partial charge in [-0.3, -0.25) is 9.78 Å². The molecule has 0 saturated heterocycles. The van der Waals surface area contributed by atoms with Crippen LogP contribution in [0.3, 0.4) is 0 Å². The number of aryl methyl sites for hydroxylation is 1. The van der Waals surface area contributed by atoms with E-state index in [1.165, 1.54) is 6.92 Å². The molecule has 2 aromatic heterocycles. The fourth-order valence-electron chi connectivity index (χ4n) is 1.53. The SMILES string of the molecule is CC(=O)Nc1ccc(-c2cncc(C)c2)cn1. The lowest BCUT2D eigenvalue weighted by Crippen LogP contribution is -2.06. The molecule has 2 rings (SSSR count). The zero-order valence-corrected chi connectivity index (χ0v) is 9.77. The summed E-state index contributed by atoms with van der Waals surface area (Å²) in [7, 11) is 0. The molecular weight excluding hydrogens is 214 g/mol. The van der Waals surface area contributed by atoms with Gasteiger partial charge < -0.3 is 5.32 Å². The van der Waals surface area contributed by atoms with Gasteiger partial charge in [0, 0.05) is 36.6 Å². The standard InChI is InChI=1S/C13H13N3O/c1-9-5-12(7-14-6-9)11-3-4-13(15-8-11)16-10(2)17/h3-8H,1-2H3,(H,15,16,17). The summed E-state index contributed by atoms with van der Waals surface area (Å²) in [5.74, 6) is 0.435. The summed E-state index contributed by atoms with van der Waals surface area (Å²) in [5.41, 5.74) is 3.11. The summed E-state index contributed by atoms with van der Waals surface area (Å²) in [6, 6.07) is 5.73. The summed E-state index contributed by atoms with van der Waals surface area (Å²) >= 11 is 0. The van der Waals surface area contributed by atoms with Gasteiger partial charge >= 0.3 is 0 Å². The highest BCUT2D eigenvalue weighted by Crippen LogP contribution is 2.19. The number of nitrogens with one attached hydrogen (secondary N) is 1. The Bertz CT molecular complexity index is 535. The maximum atomic E-state index is 10.9. The lowest BCUT2D eigenvalue weighted by atomic mass is 10.1. The van der Waals surface area contributed by atoms with Crippen molar-refractivity contribution >= 4 is 11.7 Å². The van der Waals surface area contributed by atoms with Gasteiger partial charge in [-0.05, 0) is 30.7 Å². The van der Waals surface area contributed by atoms with Crippen molar-refractivity contribution in [2.24, 2.45) is 0 Å². The van der Waals surface area contributed by atoms with Crippen molar-refractivity contribution < 1.29 is 4.79 Å². The van der Waals surface area contributed by atoms with E-state index in [1.807, 2.05) is 25.3 Å². The molecular formula is C13H13N3O. The number of hydrogen-bond donors (Lipinski definition) is 1. The molecule has 17 heavy (non-hydrogen) atoms. The van der Waals surface area contributed by atoms with Crippen molar-refractivity contribution in [1.29, 1.82) is 0 Å². The van der Waals surface area contributed by atoms with E-state index < -0.39 is 0 Å². The fraction of sp³-hybridized carbons (Fsp3) is 0.154. The molecule has 0 radical (unpaired) electrons. The highest BCUT2D eigenvalue weighted by atomic mass is 16.1. The first kappa shape index (κ1) is 11.3. The molecule has 0 unspecified atom stereocenters. The predicted molar refractivity (Wildman–Crippen MR) is 66.5 cm³/mol. The first-order valence-corrected chi connectivity index (χ1v) is 5.31. The molecule has 0 bridgehead atoms. The Morgan fingerprint density at radius 2 is 2.00 bits per heavy atom. The van der Waals surface area contributed by atoms with Gasteiger partial charge in [-0.25, -0.2) is 4.98 Å². The normalized spacial score (nSPS) is 10.0. The lowest BCUT2D eigenvalue weighted by molar-refractivity contribution is -0.114. The highest BCUT2D eigenvalue weighted by Gasteiger charge is 2.01. The topological polar surface area (TPSA) is 54.9 Å². The second-order valence-corrected chi connectivity index (χ2v) is 3.86. The van der Waals surface area contributed by atoms with Gasteiger partial charge in [0.2, 0.25) is 5.91 Å². The quantitative estimate of drug-likeness (QED) is 0.857. The van der Waals surface area contributed by atoms with E-state index >= 15 is 0 Å². The number of carbonyl (C=O) groups excluding carboxylic acids is 1. The number of rotatable bonds is 2. The molecule has 4 heteroatoms. The summed E-state index contributed by atoms with van der Waals surface area (Å²) in [6.45, 7) is 3.45. The Balaban J connectivity index is 2.26. The first-order valence-electron chi connectivity index (χ1n) is 5.31. The fourth-order valence-corrected chi connectivity index (χ4v) is 1.53. The minimum absolute atomic E-state index is 0.123. The third-order valence-corrected chi connectivity index (χ3v) is 2.28. The van der Waals surface area contributed by atoms with E-state index in [0.29, 0.717) is 5.82 Å². The van der Waals surface area contributed by atoms with Crippen molar-refractivity contribution in [3.63, 3.8) is 0 Å². The van der Waals surface area contributed by atoms with Crippen molar-refractivity contribution in [1.82, 2.24) is 9.97 Å². The molecule has 1 N–H and O–H groups in total. The number of aromatic nitrogens is 2. The van der Waals surface area contributed by atoms with Crippen LogP contribution in [0.2, 0.25) is 0 Å². The van der Waals surface area contributed by atoms with Crippen LogP contribution in [-0.4, -0.2) is 15.9 Å². The van der Waals surface area contributed by atoms with Crippen LogP contribution >= 0.6 is 0 Å². The van der Waals surface area contributed by atoms with Gasteiger partial charge in [0.1, 0.15) is 5.82 Å². The number of hydrogen-bond acceptors (Lipinski definition) is 3. The van der Waals surface area contributed by atoms with E-state index in [9.17, 15) is 4.79 Å². The van der Waals surface area contributed by atoms with E-state index in [0.717, 1.165) is 16.7 Å². The average molecular weight is 227 g/mol. The van der Waals surface area contributed by atoms with Crippen molar-refractivity contribution in [3.8, 4) is 11.1 Å². The monoisotopic (exact) mass is 227 g/mol. The average Bonchev–Trinajstić information content (AvgIpc) is 2.29. The van der Waals surface area contributed by atoms with Crippen molar-refractivity contribution in [2.45, 2.75) is 13.8 Å². The minimum atomic E-state index is -0.123. The molecule has 0 saturated carbocycles. The molecule has 0 spiro atoms. The van der Waals surface area contributed by atoms with Crippen molar-refractivity contribution in [3.05, 3.63) is 42.4 Å². The molecule has 4 nitrogen and oxygen atoms in total. The van der Waals surface area contributed by atoms with Gasteiger partial charge in [-0.2, -0.15) is 0 Å². The number of amides is 1. The van der Waals surface area contributed by atoms with E-state index in [1.54, 1.807) is 18.5 Å². The van der Waals surface area contributed by atoms with Gasteiger partial charge in [0.15, 0.2) is 0 Å². The number of anilines is 1. The van der Waals surface area contributed by atoms with Crippen LogP contribution in [0.4, 0.5) is 5.82 Å². The Morgan fingerprint density at radius 1 is 1.18 bits per heavy atom. The number of carbonyl (C=O) groups is 1. The highest BCUT2D eigenvalue weighted by molar-refractivity contribution is 5.87. The van der Waals surface area contributed by atoms with E-state index in [2.05, 4.69) is 15.3 Å². The van der Waals surface area contributed by atoms with Crippen LogP contribution in [-0.2, 0) is 4.79 Å². The molecule has 2 heterocycles. The second-order valence-electron chi connectivity index (χ2n) is 3.86. The van der Waals surface area contributed by atoms with E-state index in [4.69, 9.17) is 0 Å². The maximum absolute atomic E-state index is 10.9. The van der Waals surface area contributed by atoms with Crippen LogP contribution in [0.25, 0.3) is 11.1 Å². The van der Waals surface area contributed by atoms with Gasteiger partial charge in [-0.1, -0.05) is 0 Å². The van der Waals surface area contributed by atoms with Crippen LogP contribution < -0.4 is 5.32 Å². The number of nitrogens with zero attached hydrogens (tertiary/aromatic N) is 2. The summed E-state index contributed by atoms with van der Waals surface area (Å²) in [6.07, 6.45) is 5.33. The Kier molecular flexibility index (Phi) is 3.14. The molecule has 86 valence electrons. The van der Waals surface area contributed by atoms with E-state index in [-0.39, 0.29) is 5.91 Å². The zero-order chi connectivity index (χ0) is 12.3. The maximum Gasteiger partial charge on any atom is 0.222 e. The summed E-state index contributed by atoms with van der Waals surface area (Å²) in [5, 5.41) is 2.63. The molecule has 0 aliphatic carbocycles. The third-order valence-electron chi connectivity index (χ3n) is 2.28. The molecule has 0 atom stereocenters. The minimum Gasteiger partial charge on any atom is -0.311 e. The second kappa shape index (κ2) is 4.74. The van der Waals surface area contributed by atoms with Crippen LogP contribution in [0.5, 0.6) is 0 Å². The molecule has 1 amide bonds. The number of pyridine rings is 2. The predicted octanol–water partition coefficient (Wildman–Crippen LogP) is 2.41. The smallest absolute Gasteiger partial charge is 0.222 e. The van der Waals surface area contributed by atoms with Crippen LogP contribution in [0.1, 0.15) is 12.5 Å². The Morgan fingerprint density at radius 3 is 2.59 bits per heavy atom. The summed E-state index contributed by atoms with van der Waals surface area (Å²) in [4.78, 5) is 19.2. The molecule has 0 fully saturated rings. The van der Waals surface area contributed by atoms with Crippen molar-refractivity contribution in [2.75, 3.05) is 5.32 Å². The Labute approximate surface area is 99.7 Å². The molecule has 0 aliphatic rings.